The number of nitrogens with zero attached hydrogens (tertiary/aromatic N) is 1. The van der Waals surface area contributed by atoms with Crippen molar-refractivity contribution < 1.29 is 0 Å². The topological polar surface area (TPSA) is 4.93 Å². The Hall–Kier alpha value is -1.15. The van der Waals surface area contributed by atoms with Gasteiger partial charge >= 0.3 is 112 Å². The van der Waals surface area contributed by atoms with Crippen LogP contribution in [-0.4, -0.2) is 18.3 Å². The number of rotatable bonds is 2. The molecule has 0 unspecified atom stereocenters. The van der Waals surface area contributed by atoms with Crippen LogP contribution in [0.3, 0.4) is 0 Å². The second kappa shape index (κ2) is 4.61. The summed E-state index contributed by atoms with van der Waals surface area (Å²) in [5.41, 5.74) is 1.32. The van der Waals surface area contributed by atoms with E-state index < -0.39 is 0 Å². The first-order valence-electron chi connectivity index (χ1n) is 5.47. The summed E-state index contributed by atoms with van der Waals surface area (Å²) >= 11 is 5.87. The SMILES string of the molecule is S=c1c2ccccc2[se]n1Cc1ccccc1. The third-order valence-corrected chi connectivity index (χ3v) is 5.70. The molecule has 0 saturated carbocycles. The molecule has 2 aromatic carbocycles. The molecule has 0 bridgehead atoms. The van der Waals surface area contributed by atoms with Gasteiger partial charge in [0, 0.05) is 0 Å². The van der Waals surface area contributed by atoms with Gasteiger partial charge < -0.3 is 0 Å². The molecule has 3 heteroatoms. The molecule has 0 saturated heterocycles. The molecule has 0 atom stereocenters. The van der Waals surface area contributed by atoms with E-state index in [0.29, 0.717) is 14.7 Å². The Labute approximate surface area is 111 Å². The fraction of sp³-hybridized carbons (Fsp3) is 0.0714. The molecule has 3 aromatic rings. The van der Waals surface area contributed by atoms with Crippen LogP contribution in [0, 0.1) is 4.64 Å². The molecule has 1 nitrogen and oxygen atoms in total. The van der Waals surface area contributed by atoms with Crippen LogP contribution in [-0.2, 0) is 6.54 Å². The Kier molecular flexibility index (Phi) is 2.98. The number of fused-ring (bicyclic) bond motifs is 1. The van der Waals surface area contributed by atoms with Gasteiger partial charge in [-0.15, -0.1) is 0 Å². The maximum absolute atomic E-state index is 5.54. The van der Waals surface area contributed by atoms with E-state index in [9.17, 15) is 0 Å². The molecule has 0 N–H and O–H groups in total. The van der Waals surface area contributed by atoms with Crippen LogP contribution < -0.4 is 0 Å². The average molecular weight is 304 g/mol. The Bertz CT molecular complexity index is 697. The summed E-state index contributed by atoms with van der Waals surface area (Å²) in [6.45, 7) is 0.925. The first-order chi connectivity index (χ1) is 8.34. The molecule has 3 rings (SSSR count). The second-order valence-corrected chi connectivity index (χ2v) is 6.53. The third kappa shape index (κ3) is 2.14. The molecule has 0 aliphatic heterocycles. The van der Waals surface area contributed by atoms with E-state index in [-0.39, 0.29) is 0 Å². The standard InChI is InChI=1S/C14H11NSSe/c16-14-12-8-4-5-9-13(12)17-15(14)10-11-6-2-1-3-7-11/h1-9H,10H2. The summed E-state index contributed by atoms with van der Waals surface area (Å²) in [4.78, 5) is 0. The molecule has 0 spiro atoms. The zero-order chi connectivity index (χ0) is 11.7. The van der Waals surface area contributed by atoms with Gasteiger partial charge in [-0.05, 0) is 0 Å². The van der Waals surface area contributed by atoms with Crippen LogP contribution in [0.15, 0.2) is 54.6 Å². The fourth-order valence-corrected chi connectivity index (χ4v) is 4.62. The first-order valence-corrected chi connectivity index (χ1v) is 7.50. The molecule has 1 aromatic heterocycles. The van der Waals surface area contributed by atoms with Gasteiger partial charge in [-0.2, -0.15) is 0 Å². The maximum atomic E-state index is 5.54. The summed E-state index contributed by atoms with van der Waals surface area (Å²) in [6, 6.07) is 19.0. The minimum atomic E-state index is 0.337. The number of aromatic nitrogens is 1. The Balaban J connectivity index is 2.07. The van der Waals surface area contributed by atoms with E-state index in [1.807, 2.05) is 6.07 Å². The quantitative estimate of drug-likeness (QED) is 0.518. The van der Waals surface area contributed by atoms with E-state index in [1.165, 1.54) is 15.2 Å². The van der Waals surface area contributed by atoms with Crippen molar-refractivity contribution in [2.24, 2.45) is 0 Å². The Morgan fingerprint density at radius 1 is 0.941 bits per heavy atom. The van der Waals surface area contributed by atoms with Crippen molar-refractivity contribution in [3.05, 3.63) is 64.8 Å². The van der Waals surface area contributed by atoms with Crippen molar-refractivity contribution in [1.82, 2.24) is 3.56 Å². The summed E-state index contributed by atoms with van der Waals surface area (Å²) in [6.07, 6.45) is 0. The Morgan fingerprint density at radius 2 is 1.65 bits per heavy atom. The molecule has 0 aliphatic carbocycles. The minimum absolute atomic E-state index is 0.337. The molecule has 0 amide bonds. The van der Waals surface area contributed by atoms with Gasteiger partial charge in [0.25, 0.3) is 0 Å². The van der Waals surface area contributed by atoms with Crippen molar-refractivity contribution in [3.63, 3.8) is 0 Å². The molecule has 17 heavy (non-hydrogen) atoms. The van der Waals surface area contributed by atoms with Crippen molar-refractivity contribution >= 4 is 36.6 Å². The molecule has 0 fully saturated rings. The van der Waals surface area contributed by atoms with Crippen LogP contribution in [0.1, 0.15) is 5.56 Å². The summed E-state index contributed by atoms with van der Waals surface area (Å²) < 4.78 is 4.73. The van der Waals surface area contributed by atoms with E-state index in [0.717, 1.165) is 11.2 Å². The first kappa shape index (κ1) is 11.0. The van der Waals surface area contributed by atoms with Gasteiger partial charge in [0.2, 0.25) is 0 Å². The van der Waals surface area contributed by atoms with E-state index in [2.05, 4.69) is 52.1 Å². The van der Waals surface area contributed by atoms with Crippen LogP contribution >= 0.6 is 12.2 Å². The molecule has 1 heterocycles. The van der Waals surface area contributed by atoms with Gasteiger partial charge in [0.1, 0.15) is 0 Å². The molecule has 0 radical (unpaired) electrons. The molecular weight excluding hydrogens is 293 g/mol. The Morgan fingerprint density at radius 3 is 2.41 bits per heavy atom. The predicted molar refractivity (Wildman–Crippen MR) is 75.3 cm³/mol. The normalized spacial score (nSPS) is 10.8. The van der Waals surface area contributed by atoms with Crippen LogP contribution in [0.25, 0.3) is 9.65 Å². The van der Waals surface area contributed by atoms with Gasteiger partial charge in [0.15, 0.2) is 0 Å². The zero-order valence-corrected chi connectivity index (χ0v) is 11.7. The van der Waals surface area contributed by atoms with Gasteiger partial charge in [-0.3, -0.25) is 0 Å². The van der Waals surface area contributed by atoms with E-state index in [4.69, 9.17) is 12.2 Å². The van der Waals surface area contributed by atoms with Gasteiger partial charge in [-0.25, -0.2) is 0 Å². The summed E-state index contributed by atoms with van der Waals surface area (Å²) in [5, 5.41) is 1.25. The van der Waals surface area contributed by atoms with Crippen molar-refractivity contribution in [2.45, 2.75) is 6.54 Å². The number of hydrogen-bond donors (Lipinski definition) is 0. The van der Waals surface area contributed by atoms with Crippen LogP contribution in [0.4, 0.5) is 0 Å². The van der Waals surface area contributed by atoms with Crippen molar-refractivity contribution in [2.75, 3.05) is 0 Å². The summed E-state index contributed by atoms with van der Waals surface area (Å²) in [7, 11) is 0. The molecule has 84 valence electrons. The second-order valence-electron chi connectivity index (χ2n) is 3.91. The van der Waals surface area contributed by atoms with Crippen molar-refractivity contribution in [1.29, 1.82) is 0 Å². The third-order valence-electron chi connectivity index (χ3n) is 2.72. The van der Waals surface area contributed by atoms with Crippen molar-refractivity contribution in [3.8, 4) is 0 Å². The van der Waals surface area contributed by atoms with E-state index >= 15 is 0 Å². The van der Waals surface area contributed by atoms with Gasteiger partial charge in [0.05, 0.1) is 0 Å². The zero-order valence-electron chi connectivity index (χ0n) is 9.17. The summed E-state index contributed by atoms with van der Waals surface area (Å²) in [5.74, 6) is 0. The fourth-order valence-electron chi connectivity index (χ4n) is 1.87. The van der Waals surface area contributed by atoms with Crippen LogP contribution in [0.2, 0.25) is 0 Å². The average Bonchev–Trinajstić information content (AvgIpc) is 2.68. The monoisotopic (exact) mass is 305 g/mol. The number of hydrogen-bond acceptors (Lipinski definition) is 1. The predicted octanol–water partition coefficient (Wildman–Crippen LogP) is 3.48. The molecular formula is C14H11NSSe. The molecule has 0 aliphatic rings. The van der Waals surface area contributed by atoms with E-state index in [1.54, 1.807) is 0 Å². The number of benzene rings is 2. The van der Waals surface area contributed by atoms with Crippen LogP contribution in [0.5, 0.6) is 0 Å². The van der Waals surface area contributed by atoms with Gasteiger partial charge in [-0.1, -0.05) is 0 Å².